The molecule has 0 atom stereocenters. The number of ether oxygens (including phenoxy) is 1. The van der Waals surface area contributed by atoms with Crippen molar-refractivity contribution in [1.29, 1.82) is 0 Å². The van der Waals surface area contributed by atoms with Gasteiger partial charge >= 0.3 is 0 Å². The second kappa shape index (κ2) is 4.05. The predicted octanol–water partition coefficient (Wildman–Crippen LogP) is 1.56. The second-order valence-corrected chi connectivity index (χ2v) is 3.04. The number of carbonyl (C=O) groups is 2. The molecule has 0 aromatic rings. The predicted molar refractivity (Wildman–Crippen MR) is 52.6 cm³/mol. The molecule has 0 saturated carbocycles. The van der Waals surface area contributed by atoms with Gasteiger partial charge in [-0.15, -0.1) is 0 Å². The van der Waals surface area contributed by atoms with Crippen molar-refractivity contribution >= 4 is 11.6 Å². The summed E-state index contributed by atoms with van der Waals surface area (Å²) >= 11 is 0. The van der Waals surface area contributed by atoms with Gasteiger partial charge in [0.2, 0.25) is 0 Å². The van der Waals surface area contributed by atoms with Crippen molar-refractivity contribution in [1.82, 2.24) is 0 Å². The molecular weight excluding hydrogens is 180 g/mol. The van der Waals surface area contributed by atoms with Crippen LogP contribution in [0.15, 0.2) is 35.1 Å². The summed E-state index contributed by atoms with van der Waals surface area (Å²) in [6, 6.07) is 0. The maximum Gasteiger partial charge on any atom is 0.186 e. The first-order valence-electron chi connectivity index (χ1n) is 4.26. The SMILES string of the molecule is COC1=C/C(=C(\C)C(C)=O)C(=O)C=C1. The van der Waals surface area contributed by atoms with Crippen LogP contribution in [0.4, 0.5) is 0 Å². The maximum atomic E-state index is 11.4. The van der Waals surface area contributed by atoms with Crippen LogP contribution in [0.3, 0.4) is 0 Å². The van der Waals surface area contributed by atoms with E-state index in [1.165, 1.54) is 20.1 Å². The Morgan fingerprint density at radius 1 is 1.29 bits per heavy atom. The highest BCUT2D eigenvalue weighted by Gasteiger charge is 2.15. The number of hydrogen-bond donors (Lipinski definition) is 0. The summed E-state index contributed by atoms with van der Waals surface area (Å²) in [5.74, 6) is 0.328. The Bertz CT molecular complexity index is 370. The molecule has 0 heterocycles. The molecular formula is C11H12O3. The zero-order chi connectivity index (χ0) is 10.7. The zero-order valence-corrected chi connectivity index (χ0v) is 8.46. The molecule has 74 valence electrons. The van der Waals surface area contributed by atoms with Crippen LogP contribution in [-0.2, 0) is 14.3 Å². The molecule has 0 amide bonds. The van der Waals surface area contributed by atoms with Crippen molar-refractivity contribution in [2.24, 2.45) is 0 Å². The van der Waals surface area contributed by atoms with Crippen LogP contribution in [-0.4, -0.2) is 18.7 Å². The number of carbonyl (C=O) groups excluding carboxylic acids is 2. The second-order valence-electron chi connectivity index (χ2n) is 3.04. The van der Waals surface area contributed by atoms with Gasteiger partial charge in [-0.1, -0.05) is 0 Å². The van der Waals surface area contributed by atoms with Crippen LogP contribution in [0.5, 0.6) is 0 Å². The summed E-state index contributed by atoms with van der Waals surface area (Å²) in [7, 11) is 1.52. The van der Waals surface area contributed by atoms with Gasteiger partial charge in [0.25, 0.3) is 0 Å². The van der Waals surface area contributed by atoms with E-state index in [0.717, 1.165) is 0 Å². The van der Waals surface area contributed by atoms with Crippen LogP contribution in [0.1, 0.15) is 13.8 Å². The lowest BCUT2D eigenvalue weighted by atomic mass is 9.98. The largest absolute Gasteiger partial charge is 0.497 e. The van der Waals surface area contributed by atoms with Crippen LogP contribution >= 0.6 is 0 Å². The van der Waals surface area contributed by atoms with Crippen LogP contribution in [0, 0.1) is 0 Å². The van der Waals surface area contributed by atoms with Gasteiger partial charge in [-0.2, -0.15) is 0 Å². The van der Waals surface area contributed by atoms with Gasteiger partial charge < -0.3 is 4.74 Å². The number of ketones is 2. The minimum Gasteiger partial charge on any atom is -0.497 e. The highest BCUT2D eigenvalue weighted by Crippen LogP contribution is 2.17. The minimum atomic E-state index is -0.154. The summed E-state index contributed by atoms with van der Waals surface area (Å²) in [5, 5.41) is 0. The van der Waals surface area contributed by atoms with Crippen molar-refractivity contribution in [3.63, 3.8) is 0 Å². The smallest absolute Gasteiger partial charge is 0.186 e. The summed E-state index contributed by atoms with van der Waals surface area (Å²) in [6.07, 6.45) is 4.57. The van der Waals surface area contributed by atoms with Crippen molar-refractivity contribution in [2.45, 2.75) is 13.8 Å². The lowest BCUT2D eigenvalue weighted by Gasteiger charge is -2.09. The van der Waals surface area contributed by atoms with E-state index in [2.05, 4.69) is 0 Å². The number of allylic oxidation sites excluding steroid dienone is 5. The number of methoxy groups -OCH3 is 1. The van der Waals surface area contributed by atoms with E-state index < -0.39 is 0 Å². The third kappa shape index (κ3) is 1.99. The fourth-order valence-electron chi connectivity index (χ4n) is 1.12. The van der Waals surface area contributed by atoms with Gasteiger partial charge in [0.1, 0.15) is 5.76 Å². The van der Waals surface area contributed by atoms with Crippen molar-refractivity contribution in [3.8, 4) is 0 Å². The quantitative estimate of drug-likeness (QED) is 0.623. The van der Waals surface area contributed by atoms with Gasteiger partial charge in [-0.3, -0.25) is 9.59 Å². The Kier molecular flexibility index (Phi) is 3.02. The monoisotopic (exact) mass is 192 g/mol. The van der Waals surface area contributed by atoms with Gasteiger partial charge in [-0.25, -0.2) is 0 Å². The topological polar surface area (TPSA) is 43.4 Å². The van der Waals surface area contributed by atoms with E-state index in [1.54, 1.807) is 19.1 Å². The van der Waals surface area contributed by atoms with E-state index in [0.29, 0.717) is 16.9 Å². The summed E-state index contributed by atoms with van der Waals surface area (Å²) in [6.45, 7) is 3.08. The summed E-state index contributed by atoms with van der Waals surface area (Å²) in [4.78, 5) is 22.5. The third-order valence-electron chi connectivity index (χ3n) is 2.12. The molecule has 0 aliphatic heterocycles. The summed E-state index contributed by atoms with van der Waals surface area (Å²) < 4.78 is 4.98. The molecule has 1 aliphatic carbocycles. The van der Waals surface area contributed by atoms with Crippen LogP contribution in [0.2, 0.25) is 0 Å². The Balaban J connectivity index is 3.17. The average Bonchev–Trinajstić information content (AvgIpc) is 2.17. The fraction of sp³-hybridized carbons (Fsp3) is 0.273. The molecule has 0 radical (unpaired) electrons. The Morgan fingerprint density at radius 2 is 1.93 bits per heavy atom. The van der Waals surface area contributed by atoms with Gasteiger partial charge in [-0.05, 0) is 32.1 Å². The molecule has 0 unspecified atom stereocenters. The third-order valence-corrected chi connectivity index (χ3v) is 2.12. The van der Waals surface area contributed by atoms with E-state index in [-0.39, 0.29) is 11.6 Å². The van der Waals surface area contributed by atoms with E-state index in [1.807, 2.05) is 0 Å². The molecule has 0 aromatic heterocycles. The average molecular weight is 192 g/mol. The molecule has 0 aromatic carbocycles. The number of hydrogen-bond acceptors (Lipinski definition) is 3. The van der Waals surface area contributed by atoms with Gasteiger partial charge in [0.05, 0.1) is 7.11 Å². The first kappa shape index (κ1) is 10.4. The Labute approximate surface area is 82.8 Å². The Morgan fingerprint density at radius 3 is 2.43 bits per heavy atom. The number of rotatable bonds is 2. The van der Waals surface area contributed by atoms with E-state index in [9.17, 15) is 9.59 Å². The molecule has 0 fully saturated rings. The Hall–Kier alpha value is -1.64. The molecule has 0 N–H and O–H groups in total. The zero-order valence-electron chi connectivity index (χ0n) is 8.46. The molecule has 1 aliphatic rings. The first-order valence-corrected chi connectivity index (χ1v) is 4.26. The number of Topliss-reactive ketones (excluding diaryl/α,β-unsaturated/α-hetero) is 1. The van der Waals surface area contributed by atoms with Crippen molar-refractivity contribution in [3.05, 3.63) is 35.1 Å². The molecule has 1 rings (SSSR count). The standard InChI is InChI=1S/C11H12O3/c1-7(8(2)12)10-6-9(14-3)4-5-11(10)13/h4-6H,1-3H3/b10-7-. The lowest BCUT2D eigenvalue weighted by molar-refractivity contribution is -0.115. The van der Waals surface area contributed by atoms with E-state index in [4.69, 9.17) is 4.74 Å². The highest BCUT2D eigenvalue weighted by atomic mass is 16.5. The van der Waals surface area contributed by atoms with Gasteiger partial charge in [0, 0.05) is 11.1 Å². The van der Waals surface area contributed by atoms with Gasteiger partial charge in [0.15, 0.2) is 11.6 Å². The molecule has 3 nitrogen and oxygen atoms in total. The minimum absolute atomic E-state index is 0.102. The normalized spacial score (nSPS) is 19.1. The fourth-order valence-corrected chi connectivity index (χ4v) is 1.12. The highest BCUT2D eigenvalue weighted by molar-refractivity contribution is 6.13. The van der Waals surface area contributed by atoms with Crippen LogP contribution in [0.25, 0.3) is 0 Å². The molecule has 0 saturated heterocycles. The molecule has 0 spiro atoms. The first-order chi connectivity index (χ1) is 6.56. The van der Waals surface area contributed by atoms with Crippen molar-refractivity contribution < 1.29 is 14.3 Å². The van der Waals surface area contributed by atoms with Crippen LogP contribution < -0.4 is 0 Å². The lowest BCUT2D eigenvalue weighted by Crippen LogP contribution is -2.08. The van der Waals surface area contributed by atoms with E-state index >= 15 is 0 Å². The molecule has 14 heavy (non-hydrogen) atoms. The maximum absolute atomic E-state index is 11.4. The molecule has 0 bridgehead atoms. The molecule has 3 heteroatoms. The summed E-state index contributed by atoms with van der Waals surface area (Å²) in [5.41, 5.74) is 0.880. The van der Waals surface area contributed by atoms with Crippen molar-refractivity contribution in [2.75, 3.05) is 7.11 Å².